The summed E-state index contributed by atoms with van der Waals surface area (Å²) in [5, 5.41) is 3.41. The van der Waals surface area contributed by atoms with E-state index in [1.54, 1.807) is 6.26 Å². The van der Waals surface area contributed by atoms with Gasteiger partial charge in [-0.2, -0.15) is 0 Å². The number of fused-ring (bicyclic) bond motifs is 1. The first-order chi connectivity index (χ1) is 8.06. The van der Waals surface area contributed by atoms with E-state index in [0.717, 1.165) is 31.6 Å². The van der Waals surface area contributed by atoms with E-state index in [0.29, 0.717) is 12.5 Å². The van der Waals surface area contributed by atoms with Gasteiger partial charge in [0, 0.05) is 24.3 Å². The van der Waals surface area contributed by atoms with Crippen LogP contribution in [0.2, 0.25) is 0 Å². The highest BCUT2D eigenvalue weighted by molar-refractivity contribution is 7.90. The van der Waals surface area contributed by atoms with Gasteiger partial charge in [-0.3, -0.25) is 0 Å². The van der Waals surface area contributed by atoms with E-state index in [1.165, 1.54) is 11.8 Å². The smallest absolute Gasteiger partial charge is 0.147 e. The summed E-state index contributed by atoms with van der Waals surface area (Å²) in [6, 6.07) is 2.35. The van der Waals surface area contributed by atoms with Gasteiger partial charge in [0.15, 0.2) is 0 Å². The van der Waals surface area contributed by atoms with Gasteiger partial charge in [-0.15, -0.1) is 0 Å². The molecular formula is C12H19NO3S. The number of aryl methyl sites for hydroxylation is 1. The van der Waals surface area contributed by atoms with Crippen molar-refractivity contribution in [3.05, 3.63) is 23.7 Å². The van der Waals surface area contributed by atoms with Gasteiger partial charge in [0.25, 0.3) is 0 Å². The second-order valence-corrected chi connectivity index (χ2v) is 6.94. The summed E-state index contributed by atoms with van der Waals surface area (Å²) >= 11 is 0. The van der Waals surface area contributed by atoms with Crippen LogP contribution in [0, 0.1) is 0 Å². The summed E-state index contributed by atoms with van der Waals surface area (Å²) in [6.45, 7) is 0.738. The Morgan fingerprint density at radius 1 is 1.53 bits per heavy atom. The molecule has 1 aromatic rings. The van der Waals surface area contributed by atoms with Gasteiger partial charge in [-0.05, 0) is 31.9 Å². The lowest BCUT2D eigenvalue weighted by molar-refractivity contribution is 0.412. The lowest BCUT2D eigenvalue weighted by atomic mass is 9.93. The van der Waals surface area contributed by atoms with Crippen molar-refractivity contribution in [2.75, 3.05) is 18.6 Å². The van der Waals surface area contributed by atoms with Crippen LogP contribution in [0.4, 0.5) is 0 Å². The zero-order chi connectivity index (χ0) is 12.3. The van der Waals surface area contributed by atoms with Crippen LogP contribution >= 0.6 is 0 Å². The lowest BCUT2D eigenvalue weighted by Crippen LogP contribution is -2.26. The Balaban J connectivity index is 1.82. The molecule has 0 aliphatic heterocycles. The minimum Gasteiger partial charge on any atom is -0.469 e. The average Bonchev–Trinajstić information content (AvgIpc) is 2.71. The predicted molar refractivity (Wildman–Crippen MR) is 66.7 cm³/mol. The van der Waals surface area contributed by atoms with Gasteiger partial charge in [-0.25, -0.2) is 8.42 Å². The Morgan fingerprint density at radius 2 is 2.35 bits per heavy atom. The fourth-order valence-corrected chi connectivity index (χ4v) is 2.98. The fourth-order valence-electron chi connectivity index (χ4n) is 2.31. The van der Waals surface area contributed by atoms with Crippen molar-refractivity contribution in [2.45, 2.75) is 31.7 Å². The van der Waals surface area contributed by atoms with Crippen LogP contribution in [0.1, 0.15) is 36.6 Å². The van der Waals surface area contributed by atoms with E-state index in [1.807, 2.05) is 6.07 Å². The van der Waals surface area contributed by atoms with Gasteiger partial charge in [0.1, 0.15) is 15.6 Å². The summed E-state index contributed by atoms with van der Waals surface area (Å²) in [5.74, 6) is 1.34. The zero-order valence-electron chi connectivity index (χ0n) is 10.1. The summed E-state index contributed by atoms with van der Waals surface area (Å²) in [7, 11) is -2.84. The summed E-state index contributed by atoms with van der Waals surface area (Å²) in [6.07, 6.45) is 6.94. The Morgan fingerprint density at radius 3 is 3.12 bits per heavy atom. The topological polar surface area (TPSA) is 59.3 Å². The molecule has 1 aromatic heterocycles. The van der Waals surface area contributed by atoms with Crippen LogP contribution in [0.3, 0.4) is 0 Å². The fraction of sp³-hybridized carbons (Fsp3) is 0.667. The second-order valence-electron chi connectivity index (χ2n) is 4.68. The average molecular weight is 257 g/mol. The lowest BCUT2D eigenvalue weighted by Gasteiger charge is -2.22. The Hall–Kier alpha value is -0.810. The molecule has 0 saturated carbocycles. The first-order valence-electron chi connectivity index (χ1n) is 6.03. The highest BCUT2D eigenvalue weighted by Crippen LogP contribution is 2.30. The number of hydrogen-bond donors (Lipinski definition) is 1. The largest absolute Gasteiger partial charge is 0.469 e. The van der Waals surface area contributed by atoms with E-state index < -0.39 is 9.84 Å². The second kappa shape index (κ2) is 5.23. The van der Waals surface area contributed by atoms with E-state index in [2.05, 4.69) is 5.32 Å². The standard InChI is InChI=1S/C12H19NO3S/c1-17(14,15)9-3-7-13-11-4-2-5-12-10(11)6-8-16-12/h6,8,11,13H,2-5,7,9H2,1H3. The van der Waals surface area contributed by atoms with Crippen molar-refractivity contribution >= 4 is 9.84 Å². The molecule has 1 atom stereocenters. The number of rotatable bonds is 5. The molecular weight excluding hydrogens is 238 g/mol. The highest BCUT2D eigenvalue weighted by Gasteiger charge is 2.21. The van der Waals surface area contributed by atoms with Crippen LogP contribution in [-0.2, 0) is 16.3 Å². The molecule has 0 spiro atoms. The van der Waals surface area contributed by atoms with E-state index in [9.17, 15) is 8.42 Å². The Labute approximate surface area is 102 Å². The molecule has 96 valence electrons. The molecule has 5 heteroatoms. The van der Waals surface area contributed by atoms with Crippen molar-refractivity contribution in [1.29, 1.82) is 0 Å². The minimum atomic E-state index is -2.84. The van der Waals surface area contributed by atoms with Crippen molar-refractivity contribution < 1.29 is 12.8 Å². The summed E-state index contributed by atoms with van der Waals surface area (Å²) in [4.78, 5) is 0. The van der Waals surface area contributed by atoms with E-state index in [4.69, 9.17) is 4.42 Å². The van der Waals surface area contributed by atoms with Crippen molar-refractivity contribution in [3.8, 4) is 0 Å². The number of hydrogen-bond acceptors (Lipinski definition) is 4. The molecule has 1 unspecified atom stereocenters. The van der Waals surface area contributed by atoms with Crippen LogP contribution in [0.5, 0.6) is 0 Å². The molecule has 0 saturated heterocycles. The van der Waals surface area contributed by atoms with E-state index >= 15 is 0 Å². The summed E-state index contributed by atoms with van der Waals surface area (Å²) < 4.78 is 27.4. The molecule has 0 bridgehead atoms. The zero-order valence-corrected chi connectivity index (χ0v) is 10.9. The number of furan rings is 1. The van der Waals surface area contributed by atoms with Crippen molar-refractivity contribution in [3.63, 3.8) is 0 Å². The van der Waals surface area contributed by atoms with Gasteiger partial charge < -0.3 is 9.73 Å². The van der Waals surface area contributed by atoms with Crippen LogP contribution in [-0.4, -0.2) is 27.0 Å². The highest BCUT2D eigenvalue weighted by atomic mass is 32.2. The van der Waals surface area contributed by atoms with E-state index in [-0.39, 0.29) is 5.75 Å². The molecule has 0 aromatic carbocycles. The maximum absolute atomic E-state index is 11.0. The molecule has 4 nitrogen and oxygen atoms in total. The van der Waals surface area contributed by atoms with Crippen LogP contribution in [0.15, 0.2) is 16.7 Å². The molecule has 0 radical (unpaired) electrons. The molecule has 0 fully saturated rings. The first-order valence-corrected chi connectivity index (χ1v) is 8.10. The third-order valence-electron chi connectivity index (χ3n) is 3.13. The third-order valence-corrected chi connectivity index (χ3v) is 4.16. The van der Waals surface area contributed by atoms with Crippen molar-refractivity contribution in [2.24, 2.45) is 0 Å². The third kappa shape index (κ3) is 3.57. The van der Waals surface area contributed by atoms with Crippen LogP contribution < -0.4 is 5.32 Å². The molecule has 1 aliphatic carbocycles. The quantitative estimate of drug-likeness (QED) is 0.815. The normalized spacial score (nSPS) is 20.2. The van der Waals surface area contributed by atoms with Gasteiger partial charge in [0.05, 0.1) is 12.0 Å². The molecule has 0 amide bonds. The van der Waals surface area contributed by atoms with Gasteiger partial charge in [0.2, 0.25) is 0 Å². The molecule has 2 rings (SSSR count). The van der Waals surface area contributed by atoms with Crippen molar-refractivity contribution in [1.82, 2.24) is 5.32 Å². The Bertz CT molecular complexity index is 464. The minimum absolute atomic E-state index is 0.255. The monoisotopic (exact) mass is 257 g/mol. The molecule has 1 aliphatic rings. The number of nitrogens with one attached hydrogen (secondary N) is 1. The maximum atomic E-state index is 11.0. The molecule has 17 heavy (non-hydrogen) atoms. The SMILES string of the molecule is CS(=O)(=O)CCCNC1CCCc2occc21. The maximum Gasteiger partial charge on any atom is 0.147 e. The van der Waals surface area contributed by atoms with Gasteiger partial charge >= 0.3 is 0 Å². The van der Waals surface area contributed by atoms with Crippen LogP contribution in [0.25, 0.3) is 0 Å². The predicted octanol–water partition coefficient (Wildman–Crippen LogP) is 1.68. The van der Waals surface area contributed by atoms with Gasteiger partial charge in [-0.1, -0.05) is 0 Å². The Kier molecular flexibility index (Phi) is 3.89. The molecule has 1 heterocycles. The summed E-state index contributed by atoms with van der Waals surface area (Å²) in [5.41, 5.74) is 1.25. The number of sulfone groups is 1. The first kappa shape index (κ1) is 12.6. The molecule has 1 N–H and O–H groups in total.